The molecule has 1 heterocycles. The summed E-state index contributed by atoms with van der Waals surface area (Å²) in [6.45, 7) is 6.09. The maximum absolute atomic E-state index is 15.3. The minimum absolute atomic E-state index is 0.111. The first kappa shape index (κ1) is 20.5. The van der Waals surface area contributed by atoms with Gasteiger partial charge in [0.15, 0.2) is 9.84 Å². The number of aliphatic imine (C=N–C) groups is 1. The molecule has 1 aliphatic heterocycles. The van der Waals surface area contributed by atoms with Gasteiger partial charge in [-0.25, -0.2) is 22.0 Å². The number of amidine groups is 1. The molecule has 0 aromatic heterocycles. The summed E-state index contributed by atoms with van der Waals surface area (Å²) >= 11 is 0. The third kappa shape index (κ3) is 3.13. The first-order valence-corrected chi connectivity index (χ1v) is 10.3. The number of ether oxygens (including phenoxy) is 1. The minimum atomic E-state index is -4.43. The monoisotopic (exact) mass is 415 g/mol. The average molecular weight is 415 g/mol. The fourth-order valence-corrected chi connectivity index (χ4v) is 5.53. The van der Waals surface area contributed by atoms with Crippen molar-refractivity contribution in [3.05, 3.63) is 29.6 Å². The second-order valence-corrected chi connectivity index (χ2v) is 10.6. The number of carbonyl (C=O) groups excluding carboxylic acids is 1. The van der Waals surface area contributed by atoms with Crippen LogP contribution in [0.25, 0.3) is 0 Å². The van der Waals surface area contributed by atoms with Crippen LogP contribution in [0.3, 0.4) is 0 Å². The number of amides is 1. The molecule has 1 spiro atoms. The Bertz CT molecular complexity index is 968. The van der Waals surface area contributed by atoms with Gasteiger partial charge in [-0.05, 0) is 58.7 Å². The van der Waals surface area contributed by atoms with E-state index in [1.165, 1.54) is 13.0 Å². The second-order valence-electron chi connectivity index (χ2n) is 8.33. The molecule has 10 heteroatoms. The van der Waals surface area contributed by atoms with Crippen molar-refractivity contribution in [3.8, 4) is 0 Å². The van der Waals surface area contributed by atoms with Crippen LogP contribution in [0.5, 0.6) is 0 Å². The minimum Gasteiger partial charge on any atom is -0.444 e. The van der Waals surface area contributed by atoms with Crippen LogP contribution in [0.2, 0.25) is 0 Å². The summed E-state index contributed by atoms with van der Waals surface area (Å²) in [5.41, 5.74) is 0.0626. The van der Waals surface area contributed by atoms with E-state index in [9.17, 15) is 17.6 Å². The van der Waals surface area contributed by atoms with Gasteiger partial charge in [-0.15, -0.1) is 0 Å². The van der Waals surface area contributed by atoms with E-state index in [0.29, 0.717) is 0 Å². The molecule has 2 atom stereocenters. The number of rotatable bonds is 1. The van der Waals surface area contributed by atoms with Crippen LogP contribution in [0.15, 0.2) is 23.2 Å². The Morgan fingerprint density at radius 2 is 1.96 bits per heavy atom. The number of nitrogen functional groups attached to an aromatic ring is 1. The molecule has 1 unspecified atom stereocenters. The lowest BCUT2D eigenvalue weighted by molar-refractivity contribution is 0.0561. The Labute approximate surface area is 162 Å². The van der Waals surface area contributed by atoms with E-state index >= 15 is 4.39 Å². The molecule has 28 heavy (non-hydrogen) atoms. The summed E-state index contributed by atoms with van der Waals surface area (Å²) in [6.07, 6.45) is -0.694. The largest absolute Gasteiger partial charge is 0.444 e. The predicted molar refractivity (Wildman–Crippen MR) is 101 cm³/mol. The average Bonchev–Trinajstić information content (AvgIpc) is 3.35. The number of nitrogens with zero attached hydrogens (tertiary/aromatic N) is 1. The molecule has 0 radical (unpaired) electrons. The van der Waals surface area contributed by atoms with Gasteiger partial charge in [-0.3, -0.25) is 10.3 Å². The summed E-state index contributed by atoms with van der Waals surface area (Å²) in [5, 5.41) is 2.35. The number of benzene rings is 1. The number of sulfone groups is 1. The highest BCUT2D eigenvalue weighted by Gasteiger charge is 2.68. The van der Waals surface area contributed by atoms with Gasteiger partial charge in [0, 0.05) is 11.3 Å². The van der Waals surface area contributed by atoms with Crippen LogP contribution >= 0.6 is 0 Å². The number of alkyl halides is 1. The first-order chi connectivity index (χ1) is 12.7. The van der Waals surface area contributed by atoms with Gasteiger partial charge in [0.05, 0.1) is 0 Å². The third-order valence-corrected chi connectivity index (χ3v) is 7.59. The Morgan fingerprint density at radius 3 is 2.50 bits per heavy atom. The number of carbonyl (C=O) groups is 1. The van der Waals surface area contributed by atoms with Gasteiger partial charge in [-0.2, -0.15) is 0 Å². The highest BCUT2D eigenvalue weighted by atomic mass is 32.2. The SMILES string of the molecule is CC(C)(C)OC(=O)NC1=N[C@](C)(c2cc(N)ccc2F)C(F)S(=O)(=O)C12CC2. The molecule has 0 saturated heterocycles. The molecule has 3 N–H and O–H groups in total. The molecule has 7 nitrogen and oxygen atoms in total. The first-order valence-electron chi connectivity index (χ1n) is 8.76. The van der Waals surface area contributed by atoms with Crippen molar-refractivity contribution in [2.75, 3.05) is 5.73 Å². The zero-order valence-electron chi connectivity index (χ0n) is 16.0. The topological polar surface area (TPSA) is 111 Å². The Kier molecular flexibility index (Phi) is 4.49. The number of alkyl carbamates (subject to hydrolysis) is 1. The summed E-state index contributed by atoms with van der Waals surface area (Å²) in [4.78, 5) is 16.4. The molecule has 154 valence electrons. The van der Waals surface area contributed by atoms with Crippen molar-refractivity contribution in [3.63, 3.8) is 0 Å². The van der Waals surface area contributed by atoms with Gasteiger partial charge in [-0.1, -0.05) is 0 Å². The maximum Gasteiger partial charge on any atom is 0.413 e. The molecule has 1 aromatic carbocycles. The molecule has 0 bridgehead atoms. The quantitative estimate of drug-likeness (QED) is 0.685. The number of hydrogen-bond donors (Lipinski definition) is 2. The van der Waals surface area contributed by atoms with E-state index in [4.69, 9.17) is 10.5 Å². The molecule has 1 saturated carbocycles. The van der Waals surface area contributed by atoms with Crippen molar-refractivity contribution in [1.82, 2.24) is 5.32 Å². The van der Waals surface area contributed by atoms with E-state index < -0.39 is 43.1 Å². The summed E-state index contributed by atoms with van der Waals surface area (Å²) in [7, 11) is -4.43. The normalized spacial score (nSPS) is 27.8. The number of halogens is 2. The standard InChI is InChI=1S/C18H23F2N3O4S/c1-16(2,3)27-15(24)22-14-18(7-8-18)28(25,26)13(20)17(4,23-14)11-9-10(21)5-6-12(11)19/h5-6,9,13H,7-8,21H2,1-4H3,(H,22,23,24)/t13?,17-/m1/s1. The van der Waals surface area contributed by atoms with Crippen LogP contribution in [-0.2, 0) is 20.1 Å². The lowest BCUT2D eigenvalue weighted by Crippen LogP contribution is -2.57. The van der Waals surface area contributed by atoms with Crippen LogP contribution in [0.4, 0.5) is 19.3 Å². The molecule has 2 aliphatic rings. The number of nitrogens with two attached hydrogens (primary N) is 1. The highest BCUT2D eigenvalue weighted by Crippen LogP contribution is 2.54. The summed E-state index contributed by atoms with van der Waals surface area (Å²) in [6, 6.07) is 3.45. The zero-order chi connectivity index (χ0) is 21.1. The Hall–Kier alpha value is -2.23. The van der Waals surface area contributed by atoms with E-state index in [1.807, 2.05) is 0 Å². The van der Waals surface area contributed by atoms with E-state index in [1.54, 1.807) is 20.8 Å². The Morgan fingerprint density at radius 1 is 1.36 bits per heavy atom. The van der Waals surface area contributed by atoms with Crippen LogP contribution in [0.1, 0.15) is 46.1 Å². The summed E-state index contributed by atoms with van der Waals surface area (Å²) < 4.78 is 59.2. The number of hydrogen-bond acceptors (Lipinski definition) is 6. The smallest absolute Gasteiger partial charge is 0.413 e. The lowest BCUT2D eigenvalue weighted by Gasteiger charge is -2.38. The fraction of sp³-hybridized carbons (Fsp3) is 0.556. The van der Waals surface area contributed by atoms with E-state index in [0.717, 1.165) is 12.1 Å². The molecule has 1 aromatic rings. The number of nitrogens with one attached hydrogen (secondary N) is 1. The Balaban J connectivity index is 2.13. The molecular weight excluding hydrogens is 392 g/mol. The predicted octanol–water partition coefficient (Wildman–Crippen LogP) is 2.80. The van der Waals surface area contributed by atoms with Crippen molar-refractivity contribution in [2.45, 2.75) is 61.9 Å². The van der Waals surface area contributed by atoms with Gasteiger partial charge in [0.2, 0.25) is 5.50 Å². The van der Waals surface area contributed by atoms with Gasteiger partial charge < -0.3 is 10.5 Å². The van der Waals surface area contributed by atoms with Gasteiger partial charge in [0.25, 0.3) is 0 Å². The van der Waals surface area contributed by atoms with E-state index in [2.05, 4.69) is 10.3 Å². The lowest BCUT2D eigenvalue weighted by atomic mass is 9.92. The van der Waals surface area contributed by atoms with Crippen molar-refractivity contribution in [2.24, 2.45) is 4.99 Å². The van der Waals surface area contributed by atoms with Gasteiger partial charge in [0.1, 0.15) is 27.5 Å². The highest BCUT2D eigenvalue weighted by molar-refractivity contribution is 7.94. The van der Waals surface area contributed by atoms with Crippen LogP contribution in [-0.4, -0.2) is 36.2 Å². The maximum atomic E-state index is 15.3. The van der Waals surface area contributed by atoms with Crippen molar-refractivity contribution in [1.29, 1.82) is 0 Å². The molecule has 1 aliphatic carbocycles. The fourth-order valence-electron chi connectivity index (χ4n) is 3.31. The van der Waals surface area contributed by atoms with Crippen LogP contribution < -0.4 is 11.1 Å². The van der Waals surface area contributed by atoms with Gasteiger partial charge >= 0.3 is 6.09 Å². The third-order valence-electron chi connectivity index (χ3n) is 4.89. The molecule has 1 amide bonds. The van der Waals surface area contributed by atoms with Crippen molar-refractivity contribution < 1.29 is 26.7 Å². The number of anilines is 1. The second kappa shape index (κ2) is 6.13. The van der Waals surface area contributed by atoms with E-state index in [-0.39, 0.29) is 29.9 Å². The molecule has 3 rings (SSSR count). The molecular formula is C18H23F2N3O4S. The zero-order valence-corrected chi connectivity index (χ0v) is 16.9. The van der Waals surface area contributed by atoms with Crippen molar-refractivity contribution >= 4 is 27.5 Å². The van der Waals surface area contributed by atoms with Crippen LogP contribution in [0, 0.1) is 5.82 Å². The molecule has 1 fully saturated rings. The summed E-state index contributed by atoms with van der Waals surface area (Å²) in [5.74, 6) is -1.08.